The Balaban J connectivity index is 1.44. The maximum Gasteiger partial charge on any atom is 0.239 e. The molecule has 3 rings (SSSR count). The number of nitrogens with zero attached hydrogens (tertiary/aromatic N) is 3. The van der Waals surface area contributed by atoms with Crippen molar-refractivity contribution in [1.29, 1.82) is 0 Å². The maximum atomic E-state index is 12.6. The molecule has 0 unspecified atom stereocenters. The third-order valence-corrected chi connectivity index (χ3v) is 5.44. The van der Waals surface area contributed by atoms with Gasteiger partial charge >= 0.3 is 0 Å². The second-order valence-electron chi connectivity index (χ2n) is 7.00. The van der Waals surface area contributed by atoms with Crippen LogP contribution < -0.4 is 0 Å². The van der Waals surface area contributed by atoms with Gasteiger partial charge in [-0.25, -0.2) is 0 Å². The van der Waals surface area contributed by atoms with Crippen LogP contribution in [0.15, 0.2) is 12.2 Å². The van der Waals surface area contributed by atoms with Crippen LogP contribution >= 0.6 is 0 Å². The van der Waals surface area contributed by atoms with Gasteiger partial charge in [-0.3, -0.25) is 14.5 Å². The van der Waals surface area contributed by atoms with E-state index in [9.17, 15) is 9.59 Å². The molecule has 3 aliphatic rings. The van der Waals surface area contributed by atoms with E-state index in [1.54, 1.807) is 0 Å². The molecule has 0 bridgehead atoms. The molecule has 134 valence electrons. The lowest BCUT2D eigenvalue weighted by atomic mass is 10.0. The van der Waals surface area contributed by atoms with Gasteiger partial charge in [0.2, 0.25) is 11.8 Å². The Morgan fingerprint density at radius 3 is 2.42 bits per heavy atom. The molecule has 2 saturated heterocycles. The van der Waals surface area contributed by atoms with Crippen LogP contribution in [0.2, 0.25) is 0 Å². The van der Waals surface area contributed by atoms with Crippen molar-refractivity contribution in [3.63, 3.8) is 0 Å². The number of allylic oxidation sites excluding steroid dienone is 2. The van der Waals surface area contributed by atoms with Gasteiger partial charge in [-0.15, -0.1) is 0 Å². The summed E-state index contributed by atoms with van der Waals surface area (Å²) >= 11 is 0. The number of hydrogen-bond donors (Lipinski definition) is 0. The van der Waals surface area contributed by atoms with Gasteiger partial charge < -0.3 is 14.5 Å². The number of piperazine rings is 1. The van der Waals surface area contributed by atoms with Crippen molar-refractivity contribution in [2.24, 2.45) is 5.92 Å². The highest BCUT2D eigenvalue weighted by atomic mass is 16.5. The number of carbonyl (C=O) groups is 2. The first-order chi connectivity index (χ1) is 11.6. The fourth-order valence-electron chi connectivity index (χ4n) is 3.78. The quantitative estimate of drug-likeness (QED) is 0.711. The molecule has 2 heterocycles. The van der Waals surface area contributed by atoms with Gasteiger partial charge in [-0.05, 0) is 25.7 Å². The van der Waals surface area contributed by atoms with Crippen LogP contribution in [0.5, 0.6) is 0 Å². The standard InChI is InChI=1S/C18H29N3O3/c1-15(18(23)21-10-12-24-13-11-21)19-6-8-20(9-7-19)17(22)14-16-4-2-3-5-16/h2,4,15-16H,3,5-14H2,1H3/t15-,16+/m1/s1. The summed E-state index contributed by atoms with van der Waals surface area (Å²) < 4.78 is 5.31. The predicted octanol–water partition coefficient (Wildman–Crippen LogP) is 0.734. The molecular formula is C18H29N3O3. The lowest BCUT2D eigenvalue weighted by Gasteiger charge is -2.39. The third kappa shape index (κ3) is 4.16. The summed E-state index contributed by atoms with van der Waals surface area (Å²) in [4.78, 5) is 31.1. The van der Waals surface area contributed by atoms with Crippen molar-refractivity contribution in [2.75, 3.05) is 52.5 Å². The first kappa shape index (κ1) is 17.4. The second-order valence-corrected chi connectivity index (χ2v) is 7.00. The number of rotatable bonds is 4. The molecular weight excluding hydrogens is 306 g/mol. The average molecular weight is 335 g/mol. The summed E-state index contributed by atoms with van der Waals surface area (Å²) in [5, 5.41) is 0. The molecule has 0 spiro atoms. The molecule has 0 aromatic carbocycles. The topological polar surface area (TPSA) is 53.1 Å². The van der Waals surface area contributed by atoms with E-state index in [4.69, 9.17) is 4.74 Å². The summed E-state index contributed by atoms with van der Waals surface area (Å²) in [6.07, 6.45) is 7.20. The zero-order chi connectivity index (χ0) is 16.9. The minimum Gasteiger partial charge on any atom is -0.378 e. The number of morpholine rings is 1. The van der Waals surface area contributed by atoms with E-state index < -0.39 is 0 Å². The van der Waals surface area contributed by atoms with E-state index in [2.05, 4.69) is 17.1 Å². The minimum atomic E-state index is -0.113. The Morgan fingerprint density at radius 1 is 1.08 bits per heavy atom. The van der Waals surface area contributed by atoms with Crippen LogP contribution in [0.25, 0.3) is 0 Å². The van der Waals surface area contributed by atoms with Crippen LogP contribution in [-0.2, 0) is 14.3 Å². The molecule has 0 saturated carbocycles. The first-order valence-electron chi connectivity index (χ1n) is 9.20. The van der Waals surface area contributed by atoms with Gasteiger partial charge in [0.05, 0.1) is 19.3 Å². The van der Waals surface area contributed by atoms with Crippen LogP contribution in [0.1, 0.15) is 26.2 Å². The molecule has 24 heavy (non-hydrogen) atoms. The zero-order valence-corrected chi connectivity index (χ0v) is 14.7. The molecule has 0 aromatic heterocycles. The normalized spacial score (nSPS) is 26.6. The van der Waals surface area contributed by atoms with Crippen molar-refractivity contribution < 1.29 is 14.3 Å². The molecule has 2 atom stereocenters. The van der Waals surface area contributed by atoms with Gasteiger partial charge in [0.15, 0.2) is 0 Å². The minimum absolute atomic E-state index is 0.113. The molecule has 1 aliphatic carbocycles. The van der Waals surface area contributed by atoms with Crippen LogP contribution in [0, 0.1) is 5.92 Å². The van der Waals surface area contributed by atoms with Gasteiger partial charge in [-0.2, -0.15) is 0 Å². The van der Waals surface area contributed by atoms with Crippen LogP contribution in [0.4, 0.5) is 0 Å². The summed E-state index contributed by atoms with van der Waals surface area (Å²) in [6, 6.07) is -0.113. The Morgan fingerprint density at radius 2 is 1.79 bits per heavy atom. The van der Waals surface area contributed by atoms with Crippen LogP contribution in [-0.4, -0.2) is 85.0 Å². The molecule has 2 amide bonds. The molecule has 2 fully saturated rings. The molecule has 0 aromatic rings. The summed E-state index contributed by atoms with van der Waals surface area (Å²) in [7, 11) is 0. The highest BCUT2D eigenvalue weighted by molar-refractivity contribution is 5.81. The van der Waals surface area contributed by atoms with Crippen molar-refractivity contribution in [3.05, 3.63) is 12.2 Å². The highest BCUT2D eigenvalue weighted by Crippen LogP contribution is 2.22. The number of hydrogen-bond acceptors (Lipinski definition) is 4. The fraction of sp³-hybridized carbons (Fsp3) is 0.778. The van der Waals surface area contributed by atoms with Gasteiger partial charge in [0, 0.05) is 45.7 Å². The Bertz CT molecular complexity index is 480. The van der Waals surface area contributed by atoms with Gasteiger partial charge in [-0.1, -0.05) is 12.2 Å². The Kier molecular flexibility index (Phi) is 5.89. The van der Waals surface area contributed by atoms with E-state index in [-0.39, 0.29) is 17.9 Å². The third-order valence-electron chi connectivity index (χ3n) is 5.44. The maximum absolute atomic E-state index is 12.6. The number of amides is 2. The molecule has 2 aliphatic heterocycles. The number of carbonyl (C=O) groups excluding carboxylic acids is 2. The van der Waals surface area contributed by atoms with E-state index in [1.807, 2.05) is 16.7 Å². The smallest absolute Gasteiger partial charge is 0.239 e. The van der Waals surface area contributed by atoms with E-state index in [0.29, 0.717) is 38.6 Å². The second kappa shape index (κ2) is 8.12. The number of ether oxygens (including phenoxy) is 1. The van der Waals surface area contributed by atoms with E-state index in [0.717, 1.165) is 39.0 Å². The molecule has 0 radical (unpaired) electrons. The summed E-state index contributed by atoms with van der Waals surface area (Å²) in [6.45, 7) is 7.66. The van der Waals surface area contributed by atoms with Crippen LogP contribution in [0.3, 0.4) is 0 Å². The molecule has 0 N–H and O–H groups in total. The monoisotopic (exact) mass is 335 g/mol. The molecule has 6 nitrogen and oxygen atoms in total. The highest BCUT2D eigenvalue weighted by Gasteiger charge is 2.31. The SMILES string of the molecule is C[C@H](C(=O)N1CCOCC1)N1CCN(C(=O)C[C@H]2C=CCC2)CC1. The lowest BCUT2D eigenvalue weighted by Crippen LogP contribution is -2.56. The Hall–Kier alpha value is -1.40. The summed E-state index contributed by atoms with van der Waals surface area (Å²) in [5.74, 6) is 0.880. The summed E-state index contributed by atoms with van der Waals surface area (Å²) in [5.41, 5.74) is 0. The predicted molar refractivity (Wildman–Crippen MR) is 91.5 cm³/mol. The van der Waals surface area contributed by atoms with Gasteiger partial charge in [0.25, 0.3) is 0 Å². The van der Waals surface area contributed by atoms with E-state index in [1.165, 1.54) is 0 Å². The largest absolute Gasteiger partial charge is 0.378 e. The Labute approximate surface area is 144 Å². The van der Waals surface area contributed by atoms with Crippen molar-refractivity contribution in [2.45, 2.75) is 32.2 Å². The average Bonchev–Trinajstić information content (AvgIpc) is 3.14. The molecule has 6 heteroatoms. The van der Waals surface area contributed by atoms with Crippen molar-refractivity contribution >= 4 is 11.8 Å². The van der Waals surface area contributed by atoms with E-state index >= 15 is 0 Å². The van der Waals surface area contributed by atoms with Gasteiger partial charge in [0.1, 0.15) is 0 Å². The fourth-order valence-corrected chi connectivity index (χ4v) is 3.78. The van der Waals surface area contributed by atoms with Crippen molar-refractivity contribution in [1.82, 2.24) is 14.7 Å². The lowest BCUT2D eigenvalue weighted by molar-refractivity contribution is -0.142. The zero-order valence-electron chi connectivity index (χ0n) is 14.7. The van der Waals surface area contributed by atoms with Crippen molar-refractivity contribution in [3.8, 4) is 0 Å². The first-order valence-corrected chi connectivity index (χ1v) is 9.20.